The van der Waals surface area contributed by atoms with Gasteiger partial charge in [-0.3, -0.25) is 0 Å². The number of halogens is 3. The van der Waals surface area contributed by atoms with E-state index in [4.69, 9.17) is 0 Å². The Labute approximate surface area is 84.2 Å². The summed E-state index contributed by atoms with van der Waals surface area (Å²) < 4.78 is 38.1. The molecule has 0 atom stereocenters. The standard InChI is InChI=1S/C11H19F3/c1-5-7-9(8-6-2)10(3,4)11(12,13)14/h7H,5-6,8H2,1-4H3/b9-7-. The van der Waals surface area contributed by atoms with E-state index in [2.05, 4.69) is 0 Å². The highest BCUT2D eigenvalue weighted by Crippen LogP contribution is 2.44. The first-order valence-electron chi connectivity index (χ1n) is 5.03. The molecule has 0 aliphatic rings. The predicted molar refractivity (Wildman–Crippen MR) is 53.1 cm³/mol. The fourth-order valence-electron chi connectivity index (χ4n) is 1.37. The van der Waals surface area contributed by atoms with Crippen LogP contribution in [0, 0.1) is 5.41 Å². The van der Waals surface area contributed by atoms with Gasteiger partial charge in [0, 0.05) is 0 Å². The SMILES string of the molecule is CC/C=C(/CCC)C(C)(C)C(F)(F)F. The maximum atomic E-state index is 12.7. The maximum Gasteiger partial charge on any atom is 0.397 e. The zero-order chi connectivity index (χ0) is 11.4. The molecule has 0 radical (unpaired) electrons. The van der Waals surface area contributed by atoms with E-state index in [1.165, 1.54) is 13.8 Å². The molecule has 0 unspecified atom stereocenters. The summed E-state index contributed by atoms with van der Waals surface area (Å²) in [7, 11) is 0. The van der Waals surface area contributed by atoms with Crippen molar-refractivity contribution in [1.82, 2.24) is 0 Å². The number of alkyl halides is 3. The average Bonchev–Trinajstić information content (AvgIpc) is 2.02. The molecule has 0 N–H and O–H groups in total. The van der Waals surface area contributed by atoms with Gasteiger partial charge in [0.05, 0.1) is 5.41 Å². The topological polar surface area (TPSA) is 0 Å². The second-order valence-electron chi connectivity index (χ2n) is 4.01. The van der Waals surface area contributed by atoms with Crippen molar-refractivity contribution in [3.63, 3.8) is 0 Å². The first-order valence-corrected chi connectivity index (χ1v) is 5.03. The normalized spacial score (nSPS) is 14.6. The molecule has 14 heavy (non-hydrogen) atoms. The molecule has 0 nitrogen and oxygen atoms in total. The molecule has 0 aliphatic carbocycles. The molecule has 0 spiro atoms. The van der Waals surface area contributed by atoms with Crippen LogP contribution < -0.4 is 0 Å². The quantitative estimate of drug-likeness (QED) is 0.587. The molecule has 84 valence electrons. The molecular formula is C11H19F3. The maximum absolute atomic E-state index is 12.7. The molecule has 0 amide bonds. The molecule has 0 rings (SSSR count). The van der Waals surface area contributed by atoms with Crippen LogP contribution in [0.3, 0.4) is 0 Å². The second kappa shape index (κ2) is 4.85. The van der Waals surface area contributed by atoms with E-state index in [0.29, 0.717) is 18.4 Å². The van der Waals surface area contributed by atoms with Crippen molar-refractivity contribution in [2.75, 3.05) is 0 Å². The Bertz CT molecular complexity index is 199. The van der Waals surface area contributed by atoms with Gasteiger partial charge in [0.15, 0.2) is 0 Å². The molecule has 0 bridgehead atoms. The van der Waals surface area contributed by atoms with Gasteiger partial charge in [-0.2, -0.15) is 13.2 Å². The Morgan fingerprint density at radius 2 is 1.64 bits per heavy atom. The molecule has 0 heterocycles. The van der Waals surface area contributed by atoms with Crippen LogP contribution in [0.4, 0.5) is 13.2 Å². The van der Waals surface area contributed by atoms with E-state index < -0.39 is 11.6 Å². The lowest BCUT2D eigenvalue weighted by Gasteiger charge is -2.30. The van der Waals surface area contributed by atoms with Crippen molar-refractivity contribution in [2.24, 2.45) is 5.41 Å². The van der Waals surface area contributed by atoms with Gasteiger partial charge < -0.3 is 0 Å². The van der Waals surface area contributed by atoms with E-state index in [-0.39, 0.29) is 0 Å². The van der Waals surface area contributed by atoms with Crippen LogP contribution in [0.2, 0.25) is 0 Å². The summed E-state index contributed by atoms with van der Waals surface area (Å²) in [5.74, 6) is 0. The van der Waals surface area contributed by atoms with Gasteiger partial charge in [0.25, 0.3) is 0 Å². The van der Waals surface area contributed by atoms with E-state index in [1.54, 1.807) is 6.08 Å². The van der Waals surface area contributed by atoms with Gasteiger partial charge in [0.1, 0.15) is 0 Å². The van der Waals surface area contributed by atoms with Crippen LogP contribution >= 0.6 is 0 Å². The predicted octanol–water partition coefficient (Wildman–Crippen LogP) is 4.71. The van der Waals surface area contributed by atoms with Gasteiger partial charge in [-0.15, -0.1) is 0 Å². The highest BCUT2D eigenvalue weighted by Gasteiger charge is 2.48. The number of hydrogen-bond donors (Lipinski definition) is 0. The third kappa shape index (κ3) is 3.03. The Morgan fingerprint density at radius 1 is 1.14 bits per heavy atom. The van der Waals surface area contributed by atoms with Gasteiger partial charge >= 0.3 is 6.18 Å². The minimum atomic E-state index is -4.15. The lowest BCUT2D eigenvalue weighted by Crippen LogP contribution is -2.34. The minimum Gasteiger partial charge on any atom is -0.170 e. The van der Waals surface area contributed by atoms with Gasteiger partial charge in [0.2, 0.25) is 0 Å². The van der Waals surface area contributed by atoms with Crippen molar-refractivity contribution in [3.8, 4) is 0 Å². The molecule has 0 aromatic carbocycles. The highest BCUT2D eigenvalue weighted by atomic mass is 19.4. The molecule has 0 saturated carbocycles. The molecule has 0 aliphatic heterocycles. The number of rotatable bonds is 4. The molecular weight excluding hydrogens is 189 g/mol. The monoisotopic (exact) mass is 208 g/mol. The largest absolute Gasteiger partial charge is 0.397 e. The second-order valence-corrected chi connectivity index (χ2v) is 4.01. The van der Waals surface area contributed by atoms with E-state index in [9.17, 15) is 13.2 Å². The zero-order valence-electron chi connectivity index (χ0n) is 9.33. The highest BCUT2D eigenvalue weighted by molar-refractivity contribution is 5.14. The van der Waals surface area contributed by atoms with Crippen LogP contribution in [0.15, 0.2) is 11.6 Å². The fraction of sp³-hybridized carbons (Fsp3) is 0.818. The van der Waals surface area contributed by atoms with Gasteiger partial charge in [-0.05, 0) is 26.7 Å². The molecule has 3 heteroatoms. The Morgan fingerprint density at radius 3 is 1.93 bits per heavy atom. The van der Waals surface area contributed by atoms with Crippen LogP contribution in [0.5, 0.6) is 0 Å². The van der Waals surface area contributed by atoms with Crippen molar-refractivity contribution < 1.29 is 13.2 Å². The lowest BCUT2D eigenvalue weighted by molar-refractivity contribution is -0.198. The molecule has 0 fully saturated rings. The Balaban J connectivity index is 4.90. The zero-order valence-corrected chi connectivity index (χ0v) is 9.33. The minimum absolute atomic E-state index is 0.509. The summed E-state index contributed by atoms with van der Waals surface area (Å²) >= 11 is 0. The van der Waals surface area contributed by atoms with Crippen LogP contribution in [0.25, 0.3) is 0 Å². The fourth-order valence-corrected chi connectivity index (χ4v) is 1.37. The average molecular weight is 208 g/mol. The number of hydrogen-bond acceptors (Lipinski definition) is 0. The summed E-state index contributed by atoms with van der Waals surface area (Å²) in [5.41, 5.74) is -1.17. The first kappa shape index (κ1) is 13.5. The number of allylic oxidation sites excluding steroid dienone is 2. The Kier molecular flexibility index (Phi) is 4.69. The van der Waals surface area contributed by atoms with Crippen molar-refractivity contribution >= 4 is 0 Å². The van der Waals surface area contributed by atoms with Gasteiger partial charge in [-0.25, -0.2) is 0 Å². The van der Waals surface area contributed by atoms with Gasteiger partial charge in [-0.1, -0.05) is 31.9 Å². The van der Waals surface area contributed by atoms with Crippen molar-refractivity contribution in [3.05, 3.63) is 11.6 Å². The van der Waals surface area contributed by atoms with Crippen LogP contribution in [-0.2, 0) is 0 Å². The van der Waals surface area contributed by atoms with Crippen molar-refractivity contribution in [2.45, 2.75) is 53.1 Å². The summed E-state index contributed by atoms with van der Waals surface area (Å²) in [6.45, 7) is 6.27. The van der Waals surface area contributed by atoms with E-state index in [0.717, 1.165) is 6.42 Å². The summed E-state index contributed by atoms with van der Waals surface area (Å²) in [4.78, 5) is 0. The smallest absolute Gasteiger partial charge is 0.170 e. The Hall–Kier alpha value is -0.470. The summed E-state index contributed by atoms with van der Waals surface area (Å²) in [6.07, 6.45) is -0.499. The molecule has 0 saturated heterocycles. The van der Waals surface area contributed by atoms with Crippen molar-refractivity contribution in [1.29, 1.82) is 0 Å². The third-order valence-electron chi connectivity index (χ3n) is 2.48. The molecule has 0 aromatic heterocycles. The van der Waals surface area contributed by atoms with Crippen LogP contribution in [-0.4, -0.2) is 6.18 Å². The van der Waals surface area contributed by atoms with E-state index in [1.807, 2.05) is 13.8 Å². The lowest BCUT2D eigenvalue weighted by atomic mass is 9.80. The summed E-state index contributed by atoms with van der Waals surface area (Å²) in [5, 5.41) is 0. The van der Waals surface area contributed by atoms with Crippen LogP contribution in [0.1, 0.15) is 47.0 Å². The molecule has 0 aromatic rings. The third-order valence-corrected chi connectivity index (χ3v) is 2.48. The summed E-state index contributed by atoms with van der Waals surface area (Å²) in [6, 6.07) is 0. The first-order chi connectivity index (χ1) is 6.27. The van der Waals surface area contributed by atoms with E-state index >= 15 is 0 Å².